The van der Waals surface area contributed by atoms with Gasteiger partial charge in [-0.15, -0.1) is 0 Å². The van der Waals surface area contributed by atoms with Crippen molar-refractivity contribution >= 4 is 27.8 Å². The number of halogens is 3. The van der Waals surface area contributed by atoms with Gasteiger partial charge in [-0.05, 0) is 17.7 Å². The van der Waals surface area contributed by atoms with Gasteiger partial charge in [0.05, 0.1) is 22.3 Å². The summed E-state index contributed by atoms with van der Waals surface area (Å²) in [5.74, 6) is 0. The van der Waals surface area contributed by atoms with Crippen molar-refractivity contribution in [2.24, 2.45) is 4.99 Å². The van der Waals surface area contributed by atoms with E-state index >= 15 is 0 Å². The van der Waals surface area contributed by atoms with E-state index < -0.39 is 23.0 Å². The number of thiazole rings is 1. The van der Waals surface area contributed by atoms with Gasteiger partial charge in [-0.25, -0.2) is 4.98 Å². The minimum atomic E-state index is -4.73. The molecule has 0 spiro atoms. The summed E-state index contributed by atoms with van der Waals surface area (Å²) in [6.45, 7) is 0.171. The first kappa shape index (κ1) is 18.2. The van der Waals surface area contributed by atoms with E-state index in [1.165, 1.54) is 0 Å². The van der Waals surface area contributed by atoms with Crippen LogP contribution in [0.25, 0.3) is 15.3 Å². The molecule has 0 saturated heterocycles. The molecule has 0 atom stereocenters. The molecule has 0 bridgehead atoms. The number of nitrogens with zero attached hydrogens (tertiary/aromatic N) is 3. The van der Waals surface area contributed by atoms with Gasteiger partial charge in [0, 0.05) is 6.21 Å². The summed E-state index contributed by atoms with van der Waals surface area (Å²) >= 11 is 1.13. The summed E-state index contributed by atoms with van der Waals surface area (Å²) in [6, 6.07) is 16.1. The monoisotopic (exact) mass is 402 g/mol. The fourth-order valence-electron chi connectivity index (χ4n) is 2.70. The van der Waals surface area contributed by atoms with E-state index in [2.05, 4.69) is 15.1 Å². The number of aromatic amines is 1. The summed E-state index contributed by atoms with van der Waals surface area (Å²) in [5, 5.41) is 2.29. The van der Waals surface area contributed by atoms with Crippen molar-refractivity contribution in [1.82, 2.24) is 14.8 Å². The zero-order chi connectivity index (χ0) is 19.7. The van der Waals surface area contributed by atoms with Crippen LogP contribution in [-0.2, 0) is 12.7 Å². The van der Waals surface area contributed by atoms with Gasteiger partial charge >= 0.3 is 6.18 Å². The lowest BCUT2D eigenvalue weighted by atomic mass is 10.2. The zero-order valence-electron chi connectivity index (χ0n) is 14.3. The minimum absolute atomic E-state index is 0.138. The van der Waals surface area contributed by atoms with Gasteiger partial charge in [0.15, 0.2) is 5.69 Å². The molecule has 0 fully saturated rings. The van der Waals surface area contributed by atoms with Crippen LogP contribution in [0, 0.1) is 0 Å². The number of rotatable bonds is 4. The third-order valence-electron chi connectivity index (χ3n) is 4.02. The van der Waals surface area contributed by atoms with Crippen molar-refractivity contribution in [3.05, 3.63) is 81.8 Å². The molecule has 4 aromatic rings. The van der Waals surface area contributed by atoms with E-state index in [0.29, 0.717) is 5.52 Å². The largest absolute Gasteiger partial charge is 0.433 e. The summed E-state index contributed by atoms with van der Waals surface area (Å²) in [5.41, 5.74) is -1.09. The normalized spacial score (nSPS) is 12.2. The first-order chi connectivity index (χ1) is 13.4. The molecule has 0 aliphatic rings. The van der Waals surface area contributed by atoms with E-state index in [4.69, 9.17) is 0 Å². The molecule has 2 aromatic heterocycles. The highest BCUT2D eigenvalue weighted by molar-refractivity contribution is 7.20. The molecule has 2 heterocycles. The molecular formula is C19H13F3N4OS. The van der Waals surface area contributed by atoms with Crippen LogP contribution < -0.4 is 5.56 Å². The second-order valence-corrected chi connectivity index (χ2v) is 6.97. The predicted octanol–water partition coefficient (Wildman–Crippen LogP) is 4.41. The highest BCUT2D eigenvalue weighted by atomic mass is 32.1. The molecule has 0 amide bonds. The van der Waals surface area contributed by atoms with Crippen molar-refractivity contribution in [3.63, 3.8) is 0 Å². The average molecular weight is 402 g/mol. The van der Waals surface area contributed by atoms with Crippen LogP contribution in [0.5, 0.6) is 0 Å². The highest BCUT2D eigenvalue weighted by Gasteiger charge is 2.38. The van der Waals surface area contributed by atoms with Crippen LogP contribution in [0.15, 0.2) is 64.4 Å². The quantitative estimate of drug-likeness (QED) is 0.514. The maximum absolute atomic E-state index is 13.5. The Bertz CT molecular complexity index is 1170. The third-order valence-corrected chi connectivity index (χ3v) is 5.04. The molecule has 1 N–H and O–H groups in total. The Balaban J connectivity index is 1.76. The average Bonchev–Trinajstić information content (AvgIpc) is 3.24. The van der Waals surface area contributed by atoms with Crippen molar-refractivity contribution in [2.45, 2.75) is 12.7 Å². The van der Waals surface area contributed by atoms with Crippen LogP contribution in [-0.4, -0.2) is 21.0 Å². The maximum Gasteiger partial charge on any atom is 0.433 e. The maximum atomic E-state index is 13.5. The first-order valence-corrected chi connectivity index (χ1v) is 9.07. The molecule has 9 heteroatoms. The fourth-order valence-corrected chi connectivity index (χ4v) is 3.63. The molecule has 0 aliphatic heterocycles. The van der Waals surface area contributed by atoms with Gasteiger partial charge in [-0.2, -0.15) is 17.9 Å². The molecule has 142 valence electrons. The standard InChI is InChI=1S/C19H13F3N4OS/c20-19(21,22)16-13(11-23-10-12-6-2-1-3-7-12)17(27)26(25-16)18-24-14-8-4-5-9-15(14)28-18/h1-9,11,25H,10H2. The first-order valence-electron chi connectivity index (χ1n) is 8.25. The number of hydrogen-bond donors (Lipinski definition) is 1. The number of fused-ring (bicyclic) bond motifs is 1. The van der Waals surface area contributed by atoms with Crippen LogP contribution in [0.4, 0.5) is 13.2 Å². The summed E-state index contributed by atoms with van der Waals surface area (Å²) in [7, 11) is 0. The van der Waals surface area contributed by atoms with E-state index in [-0.39, 0.29) is 11.7 Å². The highest BCUT2D eigenvalue weighted by Crippen LogP contribution is 2.30. The predicted molar refractivity (Wildman–Crippen MR) is 102 cm³/mol. The van der Waals surface area contributed by atoms with Gasteiger partial charge in [0.1, 0.15) is 0 Å². The molecule has 2 aromatic carbocycles. The third kappa shape index (κ3) is 3.48. The van der Waals surface area contributed by atoms with Gasteiger partial charge in [-0.1, -0.05) is 53.8 Å². The molecule has 0 unspecified atom stereocenters. The number of nitrogens with one attached hydrogen (secondary N) is 1. The lowest BCUT2D eigenvalue weighted by Crippen LogP contribution is -2.17. The fraction of sp³-hybridized carbons (Fsp3) is 0.105. The van der Waals surface area contributed by atoms with Gasteiger partial charge < -0.3 is 0 Å². The lowest BCUT2D eigenvalue weighted by molar-refractivity contribution is -0.141. The number of benzene rings is 2. The molecule has 28 heavy (non-hydrogen) atoms. The lowest BCUT2D eigenvalue weighted by Gasteiger charge is -2.03. The molecular weight excluding hydrogens is 389 g/mol. The Hall–Kier alpha value is -3.20. The number of H-pyrrole nitrogens is 1. The number of para-hydroxylation sites is 1. The van der Waals surface area contributed by atoms with E-state index in [1.54, 1.807) is 36.4 Å². The number of hydrogen-bond acceptors (Lipinski definition) is 4. The molecule has 5 nitrogen and oxygen atoms in total. The van der Waals surface area contributed by atoms with E-state index in [0.717, 1.165) is 32.5 Å². The van der Waals surface area contributed by atoms with Crippen molar-refractivity contribution in [3.8, 4) is 5.13 Å². The Labute approximate surface area is 160 Å². The topological polar surface area (TPSA) is 63.0 Å². The molecule has 4 rings (SSSR count). The number of alkyl halides is 3. The van der Waals surface area contributed by atoms with Crippen LogP contribution >= 0.6 is 11.3 Å². The van der Waals surface area contributed by atoms with Crippen molar-refractivity contribution < 1.29 is 13.2 Å². The second kappa shape index (κ2) is 7.08. The van der Waals surface area contributed by atoms with Crippen molar-refractivity contribution in [1.29, 1.82) is 0 Å². The Morgan fingerprint density at radius 3 is 2.54 bits per heavy atom. The van der Waals surface area contributed by atoms with Crippen LogP contribution in [0.1, 0.15) is 16.8 Å². The minimum Gasteiger partial charge on any atom is -0.288 e. The molecule has 0 radical (unpaired) electrons. The Kier molecular flexibility index (Phi) is 4.60. The van der Waals surface area contributed by atoms with Gasteiger partial charge in [0.2, 0.25) is 5.13 Å². The summed E-state index contributed by atoms with van der Waals surface area (Å²) < 4.78 is 41.9. The molecule has 0 saturated carbocycles. The number of aromatic nitrogens is 3. The van der Waals surface area contributed by atoms with Crippen LogP contribution in [0.3, 0.4) is 0 Å². The summed E-state index contributed by atoms with van der Waals surface area (Å²) in [4.78, 5) is 20.9. The second-order valence-electron chi connectivity index (χ2n) is 5.96. The van der Waals surface area contributed by atoms with Gasteiger partial charge in [-0.3, -0.25) is 14.9 Å². The summed E-state index contributed by atoms with van der Waals surface area (Å²) in [6.07, 6.45) is -3.76. The SMILES string of the molecule is O=c1c(C=NCc2ccccc2)c(C(F)(F)F)[nH]n1-c1nc2ccccc2s1. The van der Waals surface area contributed by atoms with Gasteiger partial charge in [0.25, 0.3) is 5.56 Å². The van der Waals surface area contributed by atoms with Crippen molar-refractivity contribution in [2.75, 3.05) is 0 Å². The smallest absolute Gasteiger partial charge is 0.288 e. The Morgan fingerprint density at radius 2 is 1.82 bits per heavy atom. The van der Waals surface area contributed by atoms with E-state index in [1.807, 2.05) is 18.2 Å². The van der Waals surface area contributed by atoms with Crippen LogP contribution in [0.2, 0.25) is 0 Å². The van der Waals surface area contributed by atoms with E-state index in [9.17, 15) is 18.0 Å². The Morgan fingerprint density at radius 1 is 1.11 bits per heavy atom. The number of aliphatic imine (C=N–C) groups is 1. The zero-order valence-corrected chi connectivity index (χ0v) is 15.1. The molecule has 0 aliphatic carbocycles.